The van der Waals surface area contributed by atoms with Gasteiger partial charge in [-0.3, -0.25) is 0 Å². The molecule has 3 rings (SSSR count). The Hall–Kier alpha value is -2.63. The molecular weight excluding hydrogens is 252 g/mol. The number of tetrazole rings is 1. The Morgan fingerprint density at radius 2 is 2.15 bits per heavy atom. The molecule has 6 heteroatoms. The van der Waals surface area contributed by atoms with Gasteiger partial charge in [-0.1, -0.05) is 6.07 Å². The molecule has 0 bridgehead atoms. The fourth-order valence-electron chi connectivity index (χ4n) is 2.11. The van der Waals surface area contributed by atoms with Gasteiger partial charge in [0.2, 0.25) is 0 Å². The maximum absolute atomic E-state index is 3.93. The second-order valence-corrected chi connectivity index (χ2v) is 4.79. The van der Waals surface area contributed by atoms with Crippen LogP contribution in [0, 0.1) is 6.92 Å². The summed E-state index contributed by atoms with van der Waals surface area (Å²) in [7, 11) is 2.02. The molecule has 0 aliphatic rings. The van der Waals surface area contributed by atoms with Crippen LogP contribution in [0.5, 0.6) is 0 Å². The fourth-order valence-corrected chi connectivity index (χ4v) is 2.11. The van der Waals surface area contributed by atoms with E-state index in [1.54, 1.807) is 11.0 Å². The summed E-state index contributed by atoms with van der Waals surface area (Å²) in [4.78, 5) is 0. The summed E-state index contributed by atoms with van der Waals surface area (Å²) in [6, 6.07) is 8.27. The zero-order valence-corrected chi connectivity index (χ0v) is 11.5. The predicted molar refractivity (Wildman–Crippen MR) is 76.6 cm³/mol. The van der Waals surface area contributed by atoms with Crippen molar-refractivity contribution in [2.45, 2.75) is 13.5 Å². The zero-order valence-electron chi connectivity index (χ0n) is 11.5. The van der Waals surface area contributed by atoms with Crippen molar-refractivity contribution < 1.29 is 0 Å². The van der Waals surface area contributed by atoms with E-state index in [0.29, 0.717) is 0 Å². The number of benzene rings is 1. The van der Waals surface area contributed by atoms with Gasteiger partial charge < -0.3 is 9.88 Å². The van der Waals surface area contributed by atoms with Gasteiger partial charge in [0.05, 0.1) is 5.69 Å². The third kappa shape index (κ3) is 2.54. The standard InChI is InChI=1S/C14H16N6/c1-11-3-4-13(7-14(11)20-10-16-17-18-20)15-8-12-5-6-19(2)9-12/h3-7,9-10,15H,8H2,1-2H3. The average molecular weight is 268 g/mol. The maximum atomic E-state index is 3.93. The molecule has 0 fully saturated rings. The number of aromatic nitrogens is 5. The van der Waals surface area contributed by atoms with Crippen molar-refractivity contribution in [1.29, 1.82) is 0 Å². The summed E-state index contributed by atoms with van der Waals surface area (Å²) < 4.78 is 3.71. The number of aryl methyl sites for hydroxylation is 2. The Labute approximate surface area is 117 Å². The van der Waals surface area contributed by atoms with Gasteiger partial charge in [-0.25, -0.2) is 4.68 Å². The van der Waals surface area contributed by atoms with Crippen LogP contribution in [0.2, 0.25) is 0 Å². The van der Waals surface area contributed by atoms with E-state index in [-0.39, 0.29) is 0 Å². The molecule has 0 radical (unpaired) electrons. The SMILES string of the molecule is Cc1ccc(NCc2ccn(C)c2)cc1-n1cnnn1. The molecule has 0 unspecified atom stereocenters. The highest BCUT2D eigenvalue weighted by Gasteiger charge is 2.04. The minimum atomic E-state index is 0.791. The van der Waals surface area contributed by atoms with Crippen molar-refractivity contribution in [2.24, 2.45) is 7.05 Å². The van der Waals surface area contributed by atoms with E-state index in [0.717, 1.165) is 23.5 Å². The second-order valence-electron chi connectivity index (χ2n) is 4.79. The van der Waals surface area contributed by atoms with Gasteiger partial charge in [0.15, 0.2) is 0 Å². The Bertz CT molecular complexity index is 698. The molecule has 1 aromatic carbocycles. The minimum Gasteiger partial charge on any atom is -0.381 e. The van der Waals surface area contributed by atoms with Crippen molar-refractivity contribution in [1.82, 2.24) is 24.8 Å². The fraction of sp³-hybridized carbons (Fsp3) is 0.214. The van der Waals surface area contributed by atoms with Gasteiger partial charge in [0, 0.05) is 31.7 Å². The molecule has 0 atom stereocenters. The lowest BCUT2D eigenvalue weighted by molar-refractivity contribution is 0.785. The molecular formula is C14H16N6. The highest BCUT2D eigenvalue weighted by molar-refractivity contribution is 5.54. The lowest BCUT2D eigenvalue weighted by Gasteiger charge is -2.09. The molecule has 0 saturated heterocycles. The van der Waals surface area contributed by atoms with Crippen LogP contribution in [0.15, 0.2) is 43.0 Å². The van der Waals surface area contributed by atoms with Crippen LogP contribution in [0.4, 0.5) is 5.69 Å². The number of hydrogen-bond donors (Lipinski definition) is 1. The topological polar surface area (TPSA) is 60.6 Å². The zero-order chi connectivity index (χ0) is 13.9. The van der Waals surface area contributed by atoms with Crippen LogP contribution in [-0.2, 0) is 13.6 Å². The smallest absolute Gasteiger partial charge is 0.143 e. The predicted octanol–water partition coefficient (Wildman–Crippen LogP) is 1.92. The molecule has 0 aliphatic carbocycles. The van der Waals surface area contributed by atoms with E-state index in [2.05, 4.69) is 51.3 Å². The van der Waals surface area contributed by atoms with Crippen LogP contribution < -0.4 is 5.32 Å². The third-order valence-corrected chi connectivity index (χ3v) is 3.19. The van der Waals surface area contributed by atoms with Crippen LogP contribution in [-0.4, -0.2) is 24.8 Å². The van der Waals surface area contributed by atoms with Crippen molar-refractivity contribution in [3.8, 4) is 5.69 Å². The molecule has 1 N–H and O–H groups in total. The van der Waals surface area contributed by atoms with Crippen LogP contribution >= 0.6 is 0 Å². The first-order valence-corrected chi connectivity index (χ1v) is 6.41. The van der Waals surface area contributed by atoms with Crippen molar-refractivity contribution in [3.63, 3.8) is 0 Å². The summed E-state index contributed by atoms with van der Waals surface area (Å²) in [5.74, 6) is 0. The third-order valence-electron chi connectivity index (χ3n) is 3.19. The Balaban J connectivity index is 1.79. The number of nitrogens with zero attached hydrogens (tertiary/aromatic N) is 5. The number of nitrogens with one attached hydrogen (secondary N) is 1. The first-order valence-electron chi connectivity index (χ1n) is 6.41. The van der Waals surface area contributed by atoms with Gasteiger partial charge in [0.1, 0.15) is 6.33 Å². The maximum Gasteiger partial charge on any atom is 0.143 e. The van der Waals surface area contributed by atoms with E-state index in [1.807, 2.05) is 24.7 Å². The van der Waals surface area contributed by atoms with E-state index >= 15 is 0 Å². The minimum absolute atomic E-state index is 0.791. The average Bonchev–Trinajstić information content (AvgIpc) is 3.09. The largest absolute Gasteiger partial charge is 0.381 e. The van der Waals surface area contributed by atoms with Gasteiger partial charge in [0.25, 0.3) is 0 Å². The first-order chi connectivity index (χ1) is 9.72. The molecule has 0 spiro atoms. The van der Waals surface area contributed by atoms with Crippen LogP contribution in [0.1, 0.15) is 11.1 Å². The highest BCUT2D eigenvalue weighted by atomic mass is 15.5. The van der Waals surface area contributed by atoms with Crippen LogP contribution in [0.25, 0.3) is 5.69 Å². The van der Waals surface area contributed by atoms with Crippen LogP contribution in [0.3, 0.4) is 0 Å². The van der Waals surface area contributed by atoms with Gasteiger partial charge in [-0.05, 0) is 46.7 Å². The number of anilines is 1. The lowest BCUT2D eigenvalue weighted by atomic mass is 10.2. The first kappa shape index (κ1) is 12.4. The van der Waals surface area contributed by atoms with Crippen molar-refractivity contribution in [3.05, 3.63) is 54.1 Å². The Kier molecular flexibility index (Phi) is 3.20. The van der Waals surface area contributed by atoms with Gasteiger partial charge >= 0.3 is 0 Å². The van der Waals surface area contributed by atoms with Gasteiger partial charge in [-0.2, -0.15) is 0 Å². The summed E-state index contributed by atoms with van der Waals surface area (Å²) in [5, 5.41) is 14.7. The normalized spacial score (nSPS) is 10.7. The molecule has 0 amide bonds. The molecule has 0 saturated carbocycles. The number of hydrogen-bond acceptors (Lipinski definition) is 4. The molecule has 102 valence electrons. The van der Waals surface area contributed by atoms with E-state index in [4.69, 9.17) is 0 Å². The molecule has 2 aromatic heterocycles. The van der Waals surface area contributed by atoms with E-state index < -0.39 is 0 Å². The summed E-state index contributed by atoms with van der Waals surface area (Å²) in [6.45, 7) is 2.83. The van der Waals surface area contributed by atoms with Gasteiger partial charge in [-0.15, -0.1) is 5.10 Å². The van der Waals surface area contributed by atoms with Crippen molar-refractivity contribution in [2.75, 3.05) is 5.32 Å². The lowest BCUT2D eigenvalue weighted by Crippen LogP contribution is -2.02. The molecule has 0 aliphatic heterocycles. The highest BCUT2D eigenvalue weighted by Crippen LogP contribution is 2.18. The molecule has 20 heavy (non-hydrogen) atoms. The Morgan fingerprint density at radius 3 is 2.85 bits per heavy atom. The molecule has 6 nitrogen and oxygen atoms in total. The Morgan fingerprint density at radius 1 is 1.25 bits per heavy atom. The summed E-state index contributed by atoms with van der Waals surface area (Å²) >= 11 is 0. The van der Waals surface area contributed by atoms with E-state index in [1.165, 1.54) is 5.56 Å². The molecule has 2 heterocycles. The molecule has 3 aromatic rings. The quantitative estimate of drug-likeness (QED) is 0.785. The van der Waals surface area contributed by atoms with Crippen molar-refractivity contribution >= 4 is 5.69 Å². The van der Waals surface area contributed by atoms with E-state index in [9.17, 15) is 0 Å². The number of rotatable bonds is 4. The monoisotopic (exact) mass is 268 g/mol. The summed E-state index contributed by atoms with van der Waals surface area (Å²) in [6.07, 6.45) is 5.74. The summed E-state index contributed by atoms with van der Waals surface area (Å²) in [5.41, 5.74) is 4.40. The second kappa shape index (κ2) is 5.16.